The Balaban J connectivity index is 1.29. The molecule has 1 amide bonds. The van der Waals surface area contributed by atoms with E-state index in [9.17, 15) is 18.0 Å². The highest BCUT2D eigenvalue weighted by atomic mass is 35.5. The Hall–Kier alpha value is -3.86. The van der Waals surface area contributed by atoms with E-state index in [0.29, 0.717) is 43.3 Å². The van der Waals surface area contributed by atoms with E-state index in [1.807, 2.05) is 34.7 Å². The molecule has 1 saturated heterocycles. The number of benzene rings is 1. The zero-order valence-corrected chi connectivity index (χ0v) is 20.5. The van der Waals surface area contributed by atoms with E-state index in [1.54, 1.807) is 35.3 Å². The van der Waals surface area contributed by atoms with Crippen LogP contribution in [-0.2, 0) is 11.0 Å². The second kappa shape index (κ2) is 9.89. The zero-order chi connectivity index (χ0) is 26.2. The molecule has 4 heterocycles. The molecule has 1 fully saturated rings. The van der Waals surface area contributed by atoms with E-state index in [-0.39, 0.29) is 16.7 Å². The first-order valence-corrected chi connectivity index (χ1v) is 12.0. The second-order valence-corrected chi connectivity index (χ2v) is 9.09. The van der Waals surface area contributed by atoms with Gasteiger partial charge in [0.05, 0.1) is 16.8 Å². The molecule has 1 aliphatic rings. The maximum Gasteiger partial charge on any atom is 0.417 e. The summed E-state index contributed by atoms with van der Waals surface area (Å²) in [5, 5.41) is 3.26. The fourth-order valence-corrected chi connectivity index (χ4v) is 4.63. The summed E-state index contributed by atoms with van der Waals surface area (Å²) in [6.45, 7) is 3.34. The lowest BCUT2D eigenvalue weighted by Gasteiger charge is -2.37. The molecule has 3 aromatic heterocycles. The van der Waals surface area contributed by atoms with Gasteiger partial charge in [0.1, 0.15) is 23.4 Å². The number of amides is 1. The number of rotatable bonds is 5. The van der Waals surface area contributed by atoms with Crippen molar-refractivity contribution in [2.24, 2.45) is 0 Å². The molecule has 1 aliphatic heterocycles. The molecule has 4 aromatic rings. The SMILES string of the molecule is CC(Nc1c(-c2ccccc2)nc2cnccn12)C(=O)N1CCN(c2ncc(C(F)(F)F)cc2Cl)CC1. The highest BCUT2D eigenvalue weighted by molar-refractivity contribution is 6.33. The summed E-state index contributed by atoms with van der Waals surface area (Å²) >= 11 is 6.10. The Bertz CT molecular complexity index is 1420. The zero-order valence-electron chi connectivity index (χ0n) is 19.8. The van der Waals surface area contributed by atoms with E-state index in [0.717, 1.165) is 17.8 Å². The molecule has 5 rings (SSSR count). The predicted molar refractivity (Wildman–Crippen MR) is 135 cm³/mol. The third kappa shape index (κ3) is 5.04. The van der Waals surface area contributed by atoms with Gasteiger partial charge in [-0.15, -0.1) is 0 Å². The average molecular weight is 530 g/mol. The number of carbonyl (C=O) groups is 1. The lowest BCUT2D eigenvalue weighted by atomic mass is 10.1. The summed E-state index contributed by atoms with van der Waals surface area (Å²) in [7, 11) is 0. The molecule has 192 valence electrons. The van der Waals surface area contributed by atoms with E-state index in [1.165, 1.54) is 0 Å². The number of fused-ring (bicyclic) bond motifs is 1. The number of hydrogen-bond donors (Lipinski definition) is 1. The number of halogens is 4. The summed E-state index contributed by atoms with van der Waals surface area (Å²) in [4.78, 5) is 29.6. The lowest BCUT2D eigenvalue weighted by molar-refractivity contribution is -0.137. The number of pyridine rings is 1. The number of piperazine rings is 1. The minimum absolute atomic E-state index is 0.0693. The molecule has 1 unspecified atom stereocenters. The maximum absolute atomic E-state index is 13.3. The first-order chi connectivity index (χ1) is 17.7. The molecular weight excluding hydrogens is 507 g/mol. The molecule has 1 atom stereocenters. The Morgan fingerprint density at radius 1 is 1.11 bits per heavy atom. The largest absolute Gasteiger partial charge is 0.417 e. The van der Waals surface area contributed by atoms with Gasteiger partial charge in [0, 0.05) is 50.3 Å². The van der Waals surface area contributed by atoms with Gasteiger partial charge in [0.25, 0.3) is 0 Å². The number of anilines is 2. The van der Waals surface area contributed by atoms with Gasteiger partial charge in [-0.1, -0.05) is 41.9 Å². The first-order valence-electron chi connectivity index (χ1n) is 11.6. The van der Waals surface area contributed by atoms with Gasteiger partial charge in [-0.25, -0.2) is 9.97 Å². The van der Waals surface area contributed by atoms with Crippen LogP contribution < -0.4 is 10.2 Å². The molecule has 0 spiro atoms. The third-order valence-electron chi connectivity index (χ3n) is 6.24. The van der Waals surface area contributed by atoms with Crippen LogP contribution in [0.1, 0.15) is 12.5 Å². The molecule has 1 aromatic carbocycles. The summed E-state index contributed by atoms with van der Waals surface area (Å²) < 4.78 is 40.6. The van der Waals surface area contributed by atoms with E-state index >= 15 is 0 Å². The molecule has 1 N–H and O–H groups in total. The van der Waals surface area contributed by atoms with Gasteiger partial charge in [0.15, 0.2) is 5.65 Å². The van der Waals surface area contributed by atoms with Gasteiger partial charge < -0.3 is 15.1 Å². The van der Waals surface area contributed by atoms with Gasteiger partial charge in [0.2, 0.25) is 5.91 Å². The van der Waals surface area contributed by atoms with Crippen LogP contribution in [-0.4, -0.2) is 62.4 Å². The molecule has 8 nitrogen and oxygen atoms in total. The summed E-state index contributed by atoms with van der Waals surface area (Å²) in [5.74, 6) is 0.859. The van der Waals surface area contributed by atoms with E-state index in [2.05, 4.69) is 15.3 Å². The van der Waals surface area contributed by atoms with Crippen LogP contribution in [0.3, 0.4) is 0 Å². The average Bonchev–Trinajstić information content (AvgIpc) is 3.26. The first kappa shape index (κ1) is 24.8. The number of nitrogens with zero attached hydrogens (tertiary/aromatic N) is 6. The fourth-order valence-electron chi connectivity index (χ4n) is 4.34. The van der Waals surface area contributed by atoms with Crippen LogP contribution in [0, 0.1) is 0 Å². The van der Waals surface area contributed by atoms with Crippen molar-refractivity contribution in [1.82, 2.24) is 24.3 Å². The highest BCUT2D eigenvalue weighted by Gasteiger charge is 2.33. The van der Waals surface area contributed by atoms with Crippen LogP contribution >= 0.6 is 11.6 Å². The minimum atomic E-state index is -4.51. The Kier molecular flexibility index (Phi) is 6.63. The van der Waals surface area contributed by atoms with E-state index < -0.39 is 17.8 Å². The van der Waals surface area contributed by atoms with Crippen LogP contribution in [0.5, 0.6) is 0 Å². The van der Waals surface area contributed by atoms with Crippen LogP contribution in [0.2, 0.25) is 5.02 Å². The van der Waals surface area contributed by atoms with Crippen molar-refractivity contribution in [2.45, 2.75) is 19.1 Å². The van der Waals surface area contributed by atoms with Crippen molar-refractivity contribution < 1.29 is 18.0 Å². The topological polar surface area (TPSA) is 78.7 Å². The summed E-state index contributed by atoms with van der Waals surface area (Å²) in [6.07, 6.45) is 1.36. The van der Waals surface area contributed by atoms with Gasteiger partial charge in [-0.05, 0) is 13.0 Å². The summed E-state index contributed by atoms with van der Waals surface area (Å²) in [5.41, 5.74) is 1.37. The molecule has 0 saturated carbocycles. The lowest BCUT2D eigenvalue weighted by Crippen LogP contribution is -2.52. The van der Waals surface area contributed by atoms with Crippen molar-refractivity contribution in [3.05, 3.63) is 71.8 Å². The molecule has 0 aliphatic carbocycles. The Labute approximate surface area is 215 Å². The molecule has 37 heavy (non-hydrogen) atoms. The third-order valence-corrected chi connectivity index (χ3v) is 6.52. The number of nitrogens with one attached hydrogen (secondary N) is 1. The van der Waals surface area contributed by atoms with Crippen molar-refractivity contribution >= 4 is 34.8 Å². The van der Waals surface area contributed by atoms with Crippen molar-refractivity contribution in [3.63, 3.8) is 0 Å². The molecule has 0 radical (unpaired) electrons. The van der Waals surface area contributed by atoms with Gasteiger partial charge >= 0.3 is 6.18 Å². The van der Waals surface area contributed by atoms with Crippen LogP contribution in [0.25, 0.3) is 16.9 Å². The molecular formula is C25H23ClF3N7O. The normalized spacial score (nSPS) is 15.2. The molecule has 12 heteroatoms. The highest BCUT2D eigenvalue weighted by Crippen LogP contribution is 2.34. The van der Waals surface area contributed by atoms with Gasteiger partial charge in [-0.3, -0.25) is 14.2 Å². The van der Waals surface area contributed by atoms with Crippen LogP contribution in [0.15, 0.2) is 61.2 Å². The Morgan fingerprint density at radius 2 is 1.84 bits per heavy atom. The minimum Gasteiger partial charge on any atom is -0.358 e. The number of carbonyl (C=O) groups excluding carboxylic acids is 1. The van der Waals surface area contributed by atoms with Crippen molar-refractivity contribution in [3.8, 4) is 11.3 Å². The number of hydrogen-bond acceptors (Lipinski definition) is 6. The number of alkyl halides is 3. The van der Waals surface area contributed by atoms with E-state index in [4.69, 9.17) is 16.6 Å². The standard InChI is InChI=1S/C25H23ClF3N7O/c1-16(32-23-21(17-5-3-2-4-6-17)33-20-15-30-7-8-36(20)23)24(37)35-11-9-34(10-12-35)22-19(26)13-18(14-31-22)25(27,28)29/h2-8,13-16,32H,9-12H2,1H3. The van der Waals surface area contributed by atoms with Crippen molar-refractivity contribution in [2.75, 3.05) is 36.4 Å². The van der Waals surface area contributed by atoms with Gasteiger partial charge in [-0.2, -0.15) is 13.2 Å². The number of aromatic nitrogens is 4. The fraction of sp³-hybridized carbons (Fsp3) is 0.280. The van der Waals surface area contributed by atoms with Crippen molar-refractivity contribution in [1.29, 1.82) is 0 Å². The second-order valence-electron chi connectivity index (χ2n) is 8.69. The molecule has 0 bridgehead atoms. The summed E-state index contributed by atoms with van der Waals surface area (Å²) in [6, 6.07) is 9.99. The Morgan fingerprint density at radius 3 is 2.51 bits per heavy atom. The number of imidazole rings is 1. The quantitative estimate of drug-likeness (QED) is 0.407. The monoisotopic (exact) mass is 529 g/mol. The smallest absolute Gasteiger partial charge is 0.358 e. The predicted octanol–water partition coefficient (Wildman–Crippen LogP) is 4.61. The maximum atomic E-state index is 13.3. The van der Waals surface area contributed by atoms with Crippen LogP contribution in [0.4, 0.5) is 24.8 Å².